The lowest BCUT2D eigenvalue weighted by Crippen LogP contribution is -2.44. The van der Waals surface area contributed by atoms with Crippen LogP contribution in [0.2, 0.25) is 0 Å². The van der Waals surface area contributed by atoms with Gasteiger partial charge in [0.05, 0.1) is 6.10 Å². The zero-order chi connectivity index (χ0) is 22.2. The zero-order valence-corrected chi connectivity index (χ0v) is 19.4. The van der Waals surface area contributed by atoms with Gasteiger partial charge in [0, 0.05) is 49.9 Å². The molecule has 1 saturated carbocycles. The van der Waals surface area contributed by atoms with Crippen molar-refractivity contribution in [1.82, 2.24) is 9.21 Å². The van der Waals surface area contributed by atoms with E-state index in [1.807, 2.05) is 36.2 Å². The minimum Gasteiger partial charge on any atom is -0.483 e. The van der Waals surface area contributed by atoms with Crippen LogP contribution in [0.5, 0.6) is 0 Å². The molecule has 0 bridgehead atoms. The van der Waals surface area contributed by atoms with E-state index >= 15 is 0 Å². The maximum Gasteiger partial charge on any atom is 0.293 e. The second-order valence-corrected chi connectivity index (χ2v) is 9.94. The molecule has 2 aliphatic rings. The molecule has 2 fully saturated rings. The van der Waals surface area contributed by atoms with Crippen molar-refractivity contribution in [2.45, 2.75) is 57.4 Å². The quantitative estimate of drug-likeness (QED) is 0.233. The Balaban J connectivity index is 1.82. The van der Waals surface area contributed by atoms with Gasteiger partial charge in [-0.15, -0.1) is 0 Å². The molecular weight excluding hydrogens is 410 g/mol. The van der Waals surface area contributed by atoms with Crippen LogP contribution >= 0.6 is 11.9 Å². The van der Waals surface area contributed by atoms with E-state index in [1.54, 1.807) is 0 Å². The van der Waals surface area contributed by atoms with Gasteiger partial charge in [-0.25, -0.2) is 4.31 Å². The van der Waals surface area contributed by atoms with Crippen molar-refractivity contribution >= 4 is 29.8 Å². The topological polar surface area (TPSA) is 94.7 Å². The first-order valence-corrected chi connectivity index (χ1v) is 12.0. The number of carbonyl (C=O) groups excluding carboxylic acids is 1. The highest BCUT2D eigenvalue weighted by Gasteiger charge is 2.28. The average Bonchev–Trinajstić information content (AvgIpc) is 3.28. The van der Waals surface area contributed by atoms with Gasteiger partial charge in [0.15, 0.2) is 0 Å². The first-order chi connectivity index (χ1) is 15.0. The van der Waals surface area contributed by atoms with Crippen LogP contribution < -0.4 is 11.1 Å². The fraction of sp³-hybridized carbons (Fsp3) is 0.565. The summed E-state index contributed by atoms with van der Waals surface area (Å²) >= 11 is 1.85. The van der Waals surface area contributed by atoms with Crippen molar-refractivity contribution in [3.63, 3.8) is 0 Å². The number of amides is 1. The van der Waals surface area contributed by atoms with Crippen LogP contribution in [0.15, 0.2) is 35.7 Å². The summed E-state index contributed by atoms with van der Waals surface area (Å²) in [6.07, 6.45) is 5.41. The Bertz CT molecular complexity index is 784. The number of nitrogens with zero attached hydrogens (tertiary/aromatic N) is 2. The van der Waals surface area contributed by atoms with E-state index in [-0.39, 0.29) is 17.8 Å². The first kappa shape index (κ1) is 23.6. The monoisotopic (exact) mass is 445 g/mol. The number of para-hydroxylation sites is 1. The Hall–Kier alpha value is -2.03. The molecular formula is C23H35N5O2S. The molecule has 3 rings (SSSR count). The molecule has 0 unspecified atom stereocenters. The second-order valence-electron chi connectivity index (χ2n) is 8.27. The Morgan fingerprint density at radius 1 is 1.26 bits per heavy atom. The van der Waals surface area contributed by atoms with Crippen molar-refractivity contribution in [2.24, 2.45) is 5.73 Å². The fourth-order valence-electron chi connectivity index (χ4n) is 4.04. The van der Waals surface area contributed by atoms with Crippen LogP contribution in [-0.2, 0) is 16.1 Å². The molecule has 1 amide bonds. The molecule has 1 aromatic rings. The summed E-state index contributed by atoms with van der Waals surface area (Å²) in [4.78, 5) is 15.4. The number of benzene rings is 1. The summed E-state index contributed by atoms with van der Waals surface area (Å²) in [7, 11) is 0. The summed E-state index contributed by atoms with van der Waals surface area (Å²) in [5, 5.41) is 11.6. The normalized spacial score (nSPS) is 18.8. The molecule has 170 valence electrons. The Morgan fingerprint density at radius 2 is 1.94 bits per heavy atom. The number of allylic oxidation sites excluding steroid dienone is 1. The van der Waals surface area contributed by atoms with Gasteiger partial charge in [-0.1, -0.05) is 44.0 Å². The first-order valence-electron chi connectivity index (χ1n) is 11.2. The van der Waals surface area contributed by atoms with E-state index in [0.29, 0.717) is 23.2 Å². The number of hydrogen-bond donors (Lipinski definition) is 3. The van der Waals surface area contributed by atoms with Crippen molar-refractivity contribution < 1.29 is 9.53 Å². The molecule has 8 heteroatoms. The number of anilines is 1. The van der Waals surface area contributed by atoms with Crippen LogP contribution in [0.1, 0.15) is 45.1 Å². The maximum atomic E-state index is 13.3. The molecule has 0 aromatic heterocycles. The molecule has 1 aliphatic carbocycles. The lowest BCUT2D eigenvalue weighted by atomic mass is 10.1. The Morgan fingerprint density at radius 3 is 2.55 bits per heavy atom. The third-order valence-electron chi connectivity index (χ3n) is 5.59. The zero-order valence-electron chi connectivity index (χ0n) is 18.6. The molecule has 7 nitrogen and oxygen atoms in total. The number of nitrogens with one attached hydrogen (secondary N) is 2. The van der Waals surface area contributed by atoms with E-state index in [1.165, 1.54) is 6.21 Å². The van der Waals surface area contributed by atoms with Gasteiger partial charge in [-0.3, -0.25) is 4.79 Å². The average molecular weight is 446 g/mol. The summed E-state index contributed by atoms with van der Waals surface area (Å²) in [6.45, 7) is 8.01. The van der Waals surface area contributed by atoms with E-state index in [2.05, 4.69) is 28.4 Å². The highest BCUT2D eigenvalue weighted by atomic mass is 32.2. The van der Waals surface area contributed by atoms with E-state index in [4.69, 9.17) is 15.9 Å². The van der Waals surface area contributed by atoms with Crippen LogP contribution in [0.3, 0.4) is 0 Å². The molecule has 4 N–H and O–H groups in total. The number of nitrogens with two attached hydrogens (primary N) is 1. The fourth-order valence-corrected chi connectivity index (χ4v) is 5.01. The predicted octanol–water partition coefficient (Wildman–Crippen LogP) is 3.58. The summed E-state index contributed by atoms with van der Waals surface area (Å²) in [5.74, 6) is -0.0658. The van der Waals surface area contributed by atoms with Gasteiger partial charge in [0.1, 0.15) is 5.70 Å². The Labute approximate surface area is 190 Å². The summed E-state index contributed by atoms with van der Waals surface area (Å²) in [6, 6.07) is 7.53. The van der Waals surface area contributed by atoms with Crippen molar-refractivity contribution in [3.05, 3.63) is 41.3 Å². The summed E-state index contributed by atoms with van der Waals surface area (Å²) < 4.78 is 8.60. The molecule has 1 heterocycles. The second kappa shape index (κ2) is 11.5. The number of hydrogen-bond acceptors (Lipinski definition) is 7. The molecule has 1 saturated heterocycles. The molecule has 1 aromatic carbocycles. The van der Waals surface area contributed by atoms with Gasteiger partial charge in [-0.2, -0.15) is 0 Å². The maximum absolute atomic E-state index is 13.3. The molecule has 0 radical (unpaired) electrons. The molecule has 0 atom stereocenters. The SMILES string of the molecule is CC(C)SN1CCN(/C(C=N)=C(\OC2CCCC2)C(=O)Nc2ccccc2CN)CC1. The van der Waals surface area contributed by atoms with Gasteiger partial charge in [0.2, 0.25) is 5.76 Å². The van der Waals surface area contributed by atoms with Crippen LogP contribution in [0, 0.1) is 5.41 Å². The van der Waals surface area contributed by atoms with Crippen LogP contribution in [-0.4, -0.2) is 58.9 Å². The van der Waals surface area contributed by atoms with E-state index in [0.717, 1.165) is 57.4 Å². The number of ether oxygens (including phenoxy) is 1. The van der Waals surface area contributed by atoms with Gasteiger partial charge >= 0.3 is 0 Å². The minimum absolute atomic E-state index is 0.0261. The number of rotatable bonds is 9. The largest absolute Gasteiger partial charge is 0.483 e. The smallest absolute Gasteiger partial charge is 0.293 e. The predicted molar refractivity (Wildman–Crippen MR) is 128 cm³/mol. The van der Waals surface area contributed by atoms with Gasteiger partial charge in [-0.05, 0) is 37.3 Å². The van der Waals surface area contributed by atoms with E-state index in [9.17, 15) is 4.79 Å². The highest BCUT2D eigenvalue weighted by molar-refractivity contribution is 7.97. The highest BCUT2D eigenvalue weighted by Crippen LogP contribution is 2.27. The lowest BCUT2D eigenvalue weighted by molar-refractivity contribution is -0.117. The molecule has 1 aliphatic heterocycles. The standard InChI is InChI=1S/C23H35N5O2S/c1-17(2)31-28-13-11-27(12-14-28)21(16-25)22(30-19-8-4-5-9-19)23(29)26-20-10-6-3-7-18(20)15-24/h3,6-7,10,16-17,19,25H,4-5,8-9,11-15,24H2,1-2H3,(H,26,29)/b22-21-,25-16?. The number of piperazine rings is 1. The van der Waals surface area contributed by atoms with Gasteiger partial charge in [0.25, 0.3) is 5.91 Å². The van der Waals surface area contributed by atoms with Crippen molar-refractivity contribution in [2.75, 3.05) is 31.5 Å². The van der Waals surface area contributed by atoms with Crippen molar-refractivity contribution in [1.29, 1.82) is 5.41 Å². The van der Waals surface area contributed by atoms with Crippen LogP contribution in [0.25, 0.3) is 0 Å². The number of carbonyl (C=O) groups is 1. The minimum atomic E-state index is -0.315. The summed E-state index contributed by atoms with van der Waals surface area (Å²) in [5.41, 5.74) is 7.95. The lowest BCUT2D eigenvalue weighted by Gasteiger charge is -2.37. The molecule has 31 heavy (non-hydrogen) atoms. The molecule has 0 spiro atoms. The van der Waals surface area contributed by atoms with Crippen LogP contribution in [0.4, 0.5) is 5.69 Å². The van der Waals surface area contributed by atoms with Crippen molar-refractivity contribution in [3.8, 4) is 0 Å². The van der Waals surface area contributed by atoms with E-state index < -0.39 is 0 Å². The third kappa shape index (κ3) is 6.48. The third-order valence-corrected chi connectivity index (χ3v) is 6.67. The van der Waals surface area contributed by atoms with Gasteiger partial charge < -0.3 is 26.1 Å². The Kier molecular flexibility index (Phi) is 8.80.